The van der Waals surface area contributed by atoms with Crippen LogP contribution in [0.2, 0.25) is 0 Å². The largest absolute Gasteiger partial charge is 0.394 e. The second-order valence-electron chi connectivity index (χ2n) is 17.6. The number of hydrogen-bond donors (Lipinski definition) is 6. The molecule has 0 aromatic carbocycles. The molecule has 0 saturated carbocycles. The normalized spacial score (nSPS) is 20.8. The average molecular weight is 862 g/mol. The van der Waals surface area contributed by atoms with Crippen LogP contribution in [0.25, 0.3) is 0 Å². The lowest BCUT2D eigenvalue weighted by atomic mass is 9.99. The summed E-state index contributed by atoms with van der Waals surface area (Å²) in [5.41, 5.74) is 0. The summed E-state index contributed by atoms with van der Waals surface area (Å²) in [6, 6.07) is -0.820. The minimum Gasteiger partial charge on any atom is -0.394 e. The number of amides is 1. The summed E-state index contributed by atoms with van der Waals surface area (Å²) in [4.78, 5) is 12.9. The van der Waals surface area contributed by atoms with Gasteiger partial charge in [-0.3, -0.25) is 4.79 Å². The Morgan fingerprint density at radius 1 is 0.557 bits per heavy atom. The lowest BCUT2D eigenvalue weighted by Crippen LogP contribution is -2.60. The number of aliphatic hydroxyl groups is 5. The van der Waals surface area contributed by atoms with Crippen LogP contribution in [-0.2, 0) is 14.3 Å². The van der Waals surface area contributed by atoms with Crippen molar-refractivity contribution in [1.29, 1.82) is 0 Å². The number of carbonyl (C=O) groups is 1. The third kappa shape index (κ3) is 32.5. The van der Waals surface area contributed by atoms with E-state index in [1.165, 1.54) is 154 Å². The molecule has 61 heavy (non-hydrogen) atoms. The van der Waals surface area contributed by atoms with Crippen LogP contribution in [0.4, 0.5) is 0 Å². The zero-order valence-corrected chi connectivity index (χ0v) is 39.2. The molecule has 356 valence electrons. The van der Waals surface area contributed by atoms with E-state index in [2.05, 4.69) is 55.6 Å². The van der Waals surface area contributed by atoms with Gasteiger partial charge in [0.15, 0.2) is 6.29 Å². The Bertz CT molecular complexity index is 1090. The summed E-state index contributed by atoms with van der Waals surface area (Å²) < 4.78 is 11.2. The number of hydrogen-bond acceptors (Lipinski definition) is 8. The first kappa shape index (κ1) is 57.2. The summed E-state index contributed by atoms with van der Waals surface area (Å²) in [5.74, 6) is -0.191. The highest BCUT2D eigenvalue weighted by Gasteiger charge is 2.44. The van der Waals surface area contributed by atoms with Crippen molar-refractivity contribution in [1.82, 2.24) is 5.32 Å². The topological polar surface area (TPSA) is 149 Å². The standard InChI is InChI=1S/C52H95NO8/c1-3-5-7-9-11-13-14-15-16-17-18-19-20-21-22-23-24-25-26-27-28-29-30-31-32-34-36-38-40-42-48(56)53-45(46(55)41-39-37-35-33-12-10-8-6-4-2)44-60-52-51(59)50(58)49(57)47(43-54)61-52/h12,18-19,21-22,33,39,41,45-47,49-52,54-55,57-59H,3-11,13-17,20,23-32,34-38,40,42-44H2,1-2H3,(H,53,56)/b19-18-,22-21-,33-12+,41-39+. The Kier molecular flexibility index (Phi) is 39.5. The maximum absolute atomic E-state index is 12.9. The average Bonchev–Trinajstić information content (AvgIpc) is 3.26. The van der Waals surface area contributed by atoms with Crippen molar-refractivity contribution in [2.45, 2.75) is 262 Å². The number of aliphatic hydroxyl groups excluding tert-OH is 5. The van der Waals surface area contributed by atoms with Crippen LogP contribution in [0, 0.1) is 0 Å². The molecule has 0 spiro atoms. The molecule has 1 fully saturated rings. The zero-order chi connectivity index (χ0) is 44.4. The fraction of sp³-hybridized carbons (Fsp3) is 0.827. The highest BCUT2D eigenvalue weighted by atomic mass is 16.7. The Morgan fingerprint density at radius 2 is 0.984 bits per heavy atom. The van der Waals surface area contributed by atoms with Crippen LogP contribution in [-0.4, -0.2) is 87.5 Å². The number of nitrogens with one attached hydrogen (secondary N) is 1. The van der Waals surface area contributed by atoms with Gasteiger partial charge in [-0.1, -0.05) is 197 Å². The molecule has 9 heteroatoms. The van der Waals surface area contributed by atoms with Crippen LogP contribution in [0.3, 0.4) is 0 Å². The molecule has 6 N–H and O–H groups in total. The molecule has 9 nitrogen and oxygen atoms in total. The van der Waals surface area contributed by atoms with Gasteiger partial charge >= 0.3 is 0 Å². The summed E-state index contributed by atoms with van der Waals surface area (Å²) in [7, 11) is 0. The van der Waals surface area contributed by atoms with Gasteiger partial charge < -0.3 is 40.3 Å². The summed E-state index contributed by atoms with van der Waals surface area (Å²) >= 11 is 0. The first-order valence-electron chi connectivity index (χ1n) is 25.4. The fourth-order valence-electron chi connectivity index (χ4n) is 7.79. The van der Waals surface area contributed by atoms with E-state index in [0.29, 0.717) is 6.42 Å². The van der Waals surface area contributed by atoms with Crippen molar-refractivity contribution in [3.05, 3.63) is 48.6 Å². The Balaban J connectivity index is 2.15. The predicted molar refractivity (Wildman–Crippen MR) is 253 cm³/mol. The highest BCUT2D eigenvalue weighted by molar-refractivity contribution is 5.76. The van der Waals surface area contributed by atoms with Crippen molar-refractivity contribution in [3.63, 3.8) is 0 Å². The van der Waals surface area contributed by atoms with Crippen LogP contribution < -0.4 is 5.32 Å². The summed E-state index contributed by atoms with van der Waals surface area (Å²) in [6.07, 6.45) is 47.7. The number of unbranched alkanes of at least 4 members (excludes halogenated alkanes) is 26. The number of carbonyl (C=O) groups excluding carboxylic acids is 1. The van der Waals surface area contributed by atoms with Crippen molar-refractivity contribution in [3.8, 4) is 0 Å². The maximum atomic E-state index is 12.9. The van der Waals surface area contributed by atoms with E-state index in [9.17, 15) is 30.3 Å². The molecule has 7 unspecified atom stereocenters. The molecule has 0 aromatic heterocycles. The molecule has 1 amide bonds. The van der Waals surface area contributed by atoms with Gasteiger partial charge in [0, 0.05) is 6.42 Å². The third-order valence-corrected chi connectivity index (χ3v) is 11.9. The van der Waals surface area contributed by atoms with Crippen LogP contribution in [0.5, 0.6) is 0 Å². The Morgan fingerprint density at radius 3 is 1.51 bits per heavy atom. The minimum atomic E-state index is -1.57. The molecule has 1 heterocycles. The number of ether oxygens (including phenoxy) is 2. The van der Waals surface area contributed by atoms with Crippen LogP contribution in [0.1, 0.15) is 219 Å². The smallest absolute Gasteiger partial charge is 0.220 e. The molecule has 1 saturated heterocycles. The van der Waals surface area contributed by atoms with Gasteiger partial charge in [-0.15, -0.1) is 0 Å². The molecule has 1 aliphatic rings. The van der Waals surface area contributed by atoms with Gasteiger partial charge in [0.25, 0.3) is 0 Å². The SMILES string of the molecule is CCCCC/C=C/CC/C=C/C(O)C(COC1OC(CO)C(O)C(O)C1O)NC(=O)CCCCCCCCCCCCCCC/C=C\C/C=C\CCCCCCCCCCC. The first-order valence-corrected chi connectivity index (χ1v) is 25.4. The van der Waals surface area contributed by atoms with Crippen LogP contribution in [0.15, 0.2) is 48.6 Å². The van der Waals surface area contributed by atoms with E-state index in [1.54, 1.807) is 6.08 Å². The Hall–Kier alpha value is -1.85. The van der Waals surface area contributed by atoms with Crippen molar-refractivity contribution < 1.29 is 39.8 Å². The molecule has 1 aliphatic heterocycles. The third-order valence-electron chi connectivity index (χ3n) is 11.9. The molecule has 0 aliphatic carbocycles. The molecule has 0 bridgehead atoms. The van der Waals surface area contributed by atoms with E-state index in [4.69, 9.17) is 9.47 Å². The van der Waals surface area contributed by atoms with Gasteiger partial charge in [-0.05, 0) is 64.2 Å². The Labute approximate surface area is 373 Å². The van der Waals surface area contributed by atoms with Gasteiger partial charge in [0.2, 0.25) is 5.91 Å². The second-order valence-corrected chi connectivity index (χ2v) is 17.6. The van der Waals surface area contributed by atoms with E-state index in [0.717, 1.165) is 44.9 Å². The monoisotopic (exact) mass is 862 g/mol. The van der Waals surface area contributed by atoms with E-state index in [1.807, 2.05) is 6.08 Å². The molecule has 0 radical (unpaired) electrons. The lowest BCUT2D eigenvalue weighted by Gasteiger charge is -2.40. The van der Waals surface area contributed by atoms with Crippen molar-refractivity contribution >= 4 is 5.91 Å². The molecule has 1 rings (SSSR count). The lowest BCUT2D eigenvalue weighted by molar-refractivity contribution is -0.302. The maximum Gasteiger partial charge on any atom is 0.220 e. The molecule has 7 atom stereocenters. The minimum absolute atomic E-state index is 0.191. The van der Waals surface area contributed by atoms with Gasteiger partial charge in [0.1, 0.15) is 24.4 Å². The zero-order valence-electron chi connectivity index (χ0n) is 39.2. The van der Waals surface area contributed by atoms with Gasteiger partial charge in [-0.25, -0.2) is 0 Å². The molecular formula is C52H95NO8. The summed E-state index contributed by atoms with van der Waals surface area (Å²) in [5, 5.41) is 54.0. The molecule has 0 aromatic rings. The second kappa shape index (κ2) is 42.1. The van der Waals surface area contributed by atoms with Crippen molar-refractivity contribution in [2.24, 2.45) is 0 Å². The number of allylic oxidation sites excluding steroid dienone is 7. The van der Waals surface area contributed by atoms with Crippen LogP contribution >= 0.6 is 0 Å². The first-order chi connectivity index (χ1) is 29.8. The molecular weight excluding hydrogens is 767 g/mol. The van der Waals surface area contributed by atoms with Gasteiger partial charge in [0.05, 0.1) is 25.4 Å². The van der Waals surface area contributed by atoms with Gasteiger partial charge in [-0.2, -0.15) is 0 Å². The van der Waals surface area contributed by atoms with E-state index >= 15 is 0 Å². The van der Waals surface area contributed by atoms with E-state index < -0.39 is 49.5 Å². The van der Waals surface area contributed by atoms with Crippen molar-refractivity contribution in [2.75, 3.05) is 13.2 Å². The summed E-state index contributed by atoms with van der Waals surface area (Å²) in [6.45, 7) is 3.70. The highest BCUT2D eigenvalue weighted by Crippen LogP contribution is 2.23. The number of rotatable bonds is 42. The quantitative estimate of drug-likeness (QED) is 0.0262. The predicted octanol–water partition coefficient (Wildman–Crippen LogP) is 11.4. The van der Waals surface area contributed by atoms with E-state index in [-0.39, 0.29) is 12.5 Å². The fourth-order valence-corrected chi connectivity index (χ4v) is 7.79.